The van der Waals surface area contributed by atoms with Crippen LogP contribution in [0.3, 0.4) is 0 Å². The summed E-state index contributed by atoms with van der Waals surface area (Å²) in [6.07, 6.45) is -4.38. The van der Waals surface area contributed by atoms with Crippen molar-refractivity contribution in [3.8, 4) is 0 Å². The monoisotopic (exact) mass is 294 g/mol. The molecule has 19 heavy (non-hydrogen) atoms. The Balaban J connectivity index is 2.90. The molecule has 0 unspecified atom stereocenters. The van der Waals surface area contributed by atoms with E-state index >= 15 is 0 Å². The maximum Gasteiger partial charge on any atom is 0.390 e. The molecule has 1 heterocycles. The highest BCUT2D eigenvalue weighted by Gasteiger charge is 2.29. The van der Waals surface area contributed by atoms with E-state index in [-0.39, 0.29) is 12.0 Å². The Labute approximate surface area is 114 Å². The molecule has 0 aliphatic heterocycles. The Morgan fingerprint density at radius 3 is 2.26 bits per heavy atom. The van der Waals surface area contributed by atoms with E-state index in [9.17, 15) is 18.0 Å². The lowest BCUT2D eigenvalue weighted by molar-refractivity contribution is -0.132. The van der Waals surface area contributed by atoms with Crippen molar-refractivity contribution in [2.75, 3.05) is 18.5 Å². The zero-order chi connectivity index (χ0) is 14.8. The number of rotatable bonds is 4. The molecule has 0 bridgehead atoms. The topological polar surface area (TPSA) is 33.2 Å². The number of anilines is 1. The van der Waals surface area contributed by atoms with Gasteiger partial charge in [0, 0.05) is 19.0 Å². The first-order valence-corrected chi connectivity index (χ1v) is 6.60. The van der Waals surface area contributed by atoms with E-state index < -0.39 is 12.6 Å². The van der Waals surface area contributed by atoms with Crippen LogP contribution in [0.5, 0.6) is 0 Å². The van der Waals surface area contributed by atoms with Crippen LogP contribution in [0.1, 0.15) is 42.6 Å². The SMILES string of the molecule is CN(CCC(F)(F)F)c1nc(C(C)(C)C)c(C=O)s1. The van der Waals surface area contributed by atoms with Crippen LogP contribution in [0.25, 0.3) is 0 Å². The van der Waals surface area contributed by atoms with Crippen LogP contribution in [0.4, 0.5) is 18.3 Å². The molecule has 0 atom stereocenters. The molecule has 0 spiro atoms. The van der Waals surface area contributed by atoms with Gasteiger partial charge in [-0.15, -0.1) is 0 Å². The number of halogens is 3. The molecule has 0 amide bonds. The molecule has 0 aliphatic rings. The van der Waals surface area contributed by atoms with Crippen molar-refractivity contribution >= 4 is 22.8 Å². The highest BCUT2D eigenvalue weighted by atomic mass is 32.1. The quantitative estimate of drug-likeness (QED) is 0.795. The molecule has 3 nitrogen and oxygen atoms in total. The fourth-order valence-corrected chi connectivity index (χ4v) is 2.57. The standard InChI is InChI=1S/C12H17F3N2OS/c1-11(2,3)9-8(7-18)19-10(16-9)17(4)6-5-12(13,14)15/h7H,5-6H2,1-4H3. The van der Waals surface area contributed by atoms with E-state index in [2.05, 4.69) is 4.98 Å². The van der Waals surface area contributed by atoms with Gasteiger partial charge in [-0.1, -0.05) is 32.1 Å². The second-order valence-electron chi connectivity index (χ2n) is 5.36. The third-order valence-electron chi connectivity index (χ3n) is 2.52. The number of carbonyl (C=O) groups is 1. The van der Waals surface area contributed by atoms with Crippen molar-refractivity contribution in [2.24, 2.45) is 0 Å². The van der Waals surface area contributed by atoms with Gasteiger partial charge in [0.1, 0.15) is 0 Å². The predicted molar refractivity (Wildman–Crippen MR) is 70.1 cm³/mol. The van der Waals surface area contributed by atoms with Gasteiger partial charge in [0.05, 0.1) is 17.0 Å². The summed E-state index contributed by atoms with van der Waals surface area (Å²) in [5.41, 5.74) is 0.317. The average Bonchev–Trinajstić information content (AvgIpc) is 2.68. The summed E-state index contributed by atoms with van der Waals surface area (Å²) in [6, 6.07) is 0. The van der Waals surface area contributed by atoms with Gasteiger partial charge in [0.15, 0.2) is 11.4 Å². The minimum absolute atomic E-state index is 0.168. The number of aromatic nitrogens is 1. The molecule has 0 N–H and O–H groups in total. The maximum atomic E-state index is 12.2. The number of hydrogen-bond acceptors (Lipinski definition) is 4. The molecule has 1 rings (SSSR count). The summed E-state index contributed by atoms with van der Waals surface area (Å²) < 4.78 is 36.5. The minimum atomic E-state index is -4.19. The summed E-state index contributed by atoms with van der Waals surface area (Å²) in [5.74, 6) is 0. The van der Waals surface area contributed by atoms with Crippen molar-refractivity contribution in [1.29, 1.82) is 0 Å². The lowest BCUT2D eigenvalue weighted by atomic mass is 9.91. The molecule has 0 saturated heterocycles. The lowest BCUT2D eigenvalue weighted by Crippen LogP contribution is -2.24. The summed E-state index contributed by atoms with van der Waals surface area (Å²) in [6.45, 7) is 5.57. The van der Waals surface area contributed by atoms with Crippen molar-refractivity contribution in [1.82, 2.24) is 4.98 Å². The van der Waals surface area contributed by atoms with Gasteiger partial charge in [0.25, 0.3) is 0 Å². The Morgan fingerprint density at radius 1 is 1.32 bits per heavy atom. The smallest absolute Gasteiger partial charge is 0.351 e. The van der Waals surface area contributed by atoms with Gasteiger partial charge in [0.2, 0.25) is 0 Å². The first kappa shape index (κ1) is 15.9. The Kier molecular flexibility index (Phi) is 4.60. The number of carbonyl (C=O) groups excluding carboxylic acids is 1. The number of alkyl halides is 3. The van der Waals surface area contributed by atoms with E-state index in [1.165, 1.54) is 4.90 Å². The highest BCUT2D eigenvalue weighted by molar-refractivity contribution is 7.17. The van der Waals surface area contributed by atoms with Crippen LogP contribution < -0.4 is 4.90 Å². The molecule has 0 fully saturated rings. The summed E-state index contributed by atoms with van der Waals surface area (Å²) in [4.78, 5) is 17.2. The van der Waals surface area contributed by atoms with Gasteiger partial charge in [-0.2, -0.15) is 13.2 Å². The Hall–Kier alpha value is -1.11. The zero-order valence-electron chi connectivity index (χ0n) is 11.3. The van der Waals surface area contributed by atoms with E-state index in [1.807, 2.05) is 20.8 Å². The first-order valence-electron chi connectivity index (χ1n) is 5.79. The highest BCUT2D eigenvalue weighted by Crippen LogP contribution is 2.33. The van der Waals surface area contributed by atoms with Gasteiger partial charge in [-0.25, -0.2) is 4.98 Å². The molecule has 108 valence electrons. The Morgan fingerprint density at radius 2 is 1.89 bits per heavy atom. The van der Waals surface area contributed by atoms with E-state index in [4.69, 9.17) is 0 Å². The largest absolute Gasteiger partial charge is 0.390 e. The maximum absolute atomic E-state index is 12.2. The second kappa shape index (κ2) is 5.48. The fourth-order valence-electron chi connectivity index (χ4n) is 1.49. The summed E-state index contributed by atoms with van der Waals surface area (Å²) in [5, 5.41) is 0.441. The van der Waals surface area contributed by atoms with E-state index in [1.54, 1.807) is 7.05 Å². The third kappa shape index (κ3) is 4.49. The van der Waals surface area contributed by atoms with Crippen LogP contribution in [0.15, 0.2) is 0 Å². The number of thiazole rings is 1. The molecule has 1 aromatic rings. The second-order valence-corrected chi connectivity index (χ2v) is 6.37. The predicted octanol–water partition coefficient (Wildman–Crippen LogP) is 3.64. The molecule has 0 radical (unpaired) electrons. The fraction of sp³-hybridized carbons (Fsp3) is 0.667. The van der Waals surface area contributed by atoms with Gasteiger partial charge >= 0.3 is 6.18 Å². The van der Waals surface area contributed by atoms with E-state index in [0.29, 0.717) is 22.0 Å². The lowest BCUT2D eigenvalue weighted by Gasteiger charge is -2.18. The van der Waals surface area contributed by atoms with Crippen molar-refractivity contribution in [2.45, 2.75) is 38.8 Å². The van der Waals surface area contributed by atoms with Crippen molar-refractivity contribution in [3.05, 3.63) is 10.6 Å². The van der Waals surface area contributed by atoms with Crippen LogP contribution >= 0.6 is 11.3 Å². The van der Waals surface area contributed by atoms with Gasteiger partial charge < -0.3 is 4.90 Å². The molecular weight excluding hydrogens is 277 g/mol. The zero-order valence-corrected chi connectivity index (χ0v) is 12.2. The van der Waals surface area contributed by atoms with Crippen LogP contribution in [-0.4, -0.2) is 31.0 Å². The molecule has 1 aromatic heterocycles. The summed E-state index contributed by atoms with van der Waals surface area (Å²) >= 11 is 1.12. The van der Waals surface area contributed by atoms with Crippen molar-refractivity contribution in [3.63, 3.8) is 0 Å². The summed E-state index contributed by atoms with van der Waals surface area (Å²) in [7, 11) is 1.55. The van der Waals surface area contributed by atoms with Gasteiger partial charge in [-0.05, 0) is 0 Å². The molecule has 0 saturated carbocycles. The molecule has 7 heteroatoms. The molecular formula is C12H17F3N2OS. The molecule has 0 aliphatic carbocycles. The molecule has 0 aromatic carbocycles. The number of hydrogen-bond donors (Lipinski definition) is 0. The third-order valence-corrected chi connectivity index (χ3v) is 3.61. The number of aldehydes is 1. The Bertz CT molecular complexity index is 449. The van der Waals surface area contributed by atoms with Crippen LogP contribution in [-0.2, 0) is 5.41 Å². The van der Waals surface area contributed by atoms with Crippen LogP contribution in [0, 0.1) is 0 Å². The van der Waals surface area contributed by atoms with Crippen LogP contribution in [0.2, 0.25) is 0 Å². The normalized spacial score (nSPS) is 12.6. The van der Waals surface area contributed by atoms with Crippen molar-refractivity contribution < 1.29 is 18.0 Å². The van der Waals surface area contributed by atoms with E-state index in [0.717, 1.165) is 11.3 Å². The van der Waals surface area contributed by atoms with Gasteiger partial charge in [-0.3, -0.25) is 4.79 Å². The minimum Gasteiger partial charge on any atom is -0.351 e. The first-order chi connectivity index (χ1) is 8.54. The number of nitrogens with zero attached hydrogens (tertiary/aromatic N) is 2. The average molecular weight is 294 g/mol.